The van der Waals surface area contributed by atoms with Crippen molar-refractivity contribution in [2.75, 3.05) is 6.54 Å². The molecule has 1 saturated heterocycles. The molecule has 0 saturated carbocycles. The Morgan fingerprint density at radius 2 is 1.95 bits per heavy atom. The summed E-state index contributed by atoms with van der Waals surface area (Å²) in [5, 5.41) is -0.401. The summed E-state index contributed by atoms with van der Waals surface area (Å²) in [5.41, 5.74) is 2.63. The van der Waals surface area contributed by atoms with Crippen LogP contribution in [0.4, 0.5) is 0 Å². The minimum Gasteiger partial charge on any atom is -0.332 e. The Labute approximate surface area is 134 Å². The van der Waals surface area contributed by atoms with Crippen LogP contribution in [0, 0.1) is 5.92 Å². The lowest BCUT2D eigenvalue weighted by atomic mass is 9.98. The fourth-order valence-corrected chi connectivity index (χ4v) is 4.16. The van der Waals surface area contributed by atoms with E-state index in [1.54, 1.807) is 13.8 Å². The molecule has 22 heavy (non-hydrogen) atoms. The molecular formula is C16H29N3O2S. The number of amidine groups is 1. The summed E-state index contributed by atoms with van der Waals surface area (Å²) >= 11 is 0. The molecule has 0 aromatic heterocycles. The van der Waals surface area contributed by atoms with E-state index >= 15 is 0 Å². The zero-order chi connectivity index (χ0) is 16.7. The molecule has 0 radical (unpaired) electrons. The molecule has 6 heteroatoms. The Morgan fingerprint density at radius 3 is 2.45 bits per heavy atom. The first kappa shape index (κ1) is 17.5. The predicted octanol–water partition coefficient (Wildman–Crippen LogP) is 2.51. The lowest BCUT2D eigenvalue weighted by Crippen LogP contribution is -2.42. The molecule has 0 amide bonds. The van der Waals surface area contributed by atoms with Crippen molar-refractivity contribution in [2.24, 2.45) is 10.9 Å². The van der Waals surface area contributed by atoms with Crippen LogP contribution < -0.4 is 4.72 Å². The van der Waals surface area contributed by atoms with Crippen molar-refractivity contribution in [1.29, 1.82) is 0 Å². The van der Waals surface area contributed by atoms with Crippen LogP contribution in [0.2, 0.25) is 0 Å². The first-order valence-electron chi connectivity index (χ1n) is 8.25. The van der Waals surface area contributed by atoms with Gasteiger partial charge in [-0.15, -0.1) is 0 Å². The summed E-state index contributed by atoms with van der Waals surface area (Å²) in [7, 11) is -3.24. The van der Waals surface area contributed by atoms with Gasteiger partial charge in [-0.3, -0.25) is 4.99 Å². The smallest absolute Gasteiger partial charge is 0.214 e. The van der Waals surface area contributed by atoms with E-state index in [4.69, 9.17) is 4.99 Å². The molecule has 2 rings (SSSR count). The lowest BCUT2D eigenvalue weighted by molar-refractivity contribution is 0.484. The highest BCUT2D eigenvalue weighted by atomic mass is 32.2. The molecule has 2 heterocycles. The van der Waals surface area contributed by atoms with Gasteiger partial charge in [0.2, 0.25) is 10.0 Å². The molecule has 0 unspecified atom stereocenters. The third-order valence-corrected chi connectivity index (χ3v) is 6.40. The second kappa shape index (κ2) is 6.32. The van der Waals surface area contributed by atoms with E-state index in [0.717, 1.165) is 18.7 Å². The zero-order valence-electron chi connectivity index (χ0n) is 14.5. The van der Waals surface area contributed by atoms with Gasteiger partial charge in [0.15, 0.2) is 0 Å². The second-order valence-electron chi connectivity index (χ2n) is 6.87. The maximum atomic E-state index is 12.1. The minimum atomic E-state index is -3.24. The number of hydrogen-bond acceptors (Lipinski definition) is 4. The third-order valence-electron chi connectivity index (χ3n) is 4.49. The van der Waals surface area contributed by atoms with Crippen LogP contribution in [0.25, 0.3) is 0 Å². The normalized spacial score (nSPS) is 26.0. The number of sulfonamides is 1. The topological polar surface area (TPSA) is 61.8 Å². The van der Waals surface area contributed by atoms with Crippen LogP contribution in [0.3, 0.4) is 0 Å². The molecule has 1 fully saturated rings. The second-order valence-corrected chi connectivity index (χ2v) is 9.14. The number of fused-ring (bicyclic) bond motifs is 1. The highest BCUT2D eigenvalue weighted by Gasteiger charge is 2.38. The Balaban J connectivity index is 2.28. The molecule has 0 bridgehead atoms. The lowest BCUT2D eigenvalue weighted by Gasteiger charge is -2.33. The van der Waals surface area contributed by atoms with E-state index in [9.17, 15) is 8.42 Å². The van der Waals surface area contributed by atoms with Crippen molar-refractivity contribution in [3.8, 4) is 0 Å². The van der Waals surface area contributed by atoms with E-state index in [-0.39, 0.29) is 12.1 Å². The molecule has 2 aliphatic rings. The van der Waals surface area contributed by atoms with Crippen molar-refractivity contribution < 1.29 is 8.42 Å². The molecular weight excluding hydrogens is 298 g/mol. The molecule has 0 aromatic carbocycles. The number of nitrogens with zero attached hydrogens (tertiary/aromatic N) is 2. The fraction of sp³-hybridized carbons (Fsp3) is 0.812. The predicted molar refractivity (Wildman–Crippen MR) is 91.4 cm³/mol. The molecule has 0 aliphatic carbocycles. The maximum Gasteiger partial charge on any atom is 0.214 e. The van der Waals surface area contributed by atoms with Crippen LogP contribution in [-0.2, 0) is 10.0 Å². The summed E-state index contributed by atoms with van der Waals surface area (Å²) in [6.07, 6.45) is 1.73. The van der Waals surface area contributed by atoms with E-state index in [2.05, 4.69) is 37.3 Å². The molecule has 0 spiro atoms. The van der Waals surface area contributed by atoms with Gasteiger partial charge in [-0.25, -0.2) is 13.1 Å². The van der Waals surface area contributed by atoms with Gasteiger partial charge < -0.3 is 4.90 Å². The van der Waals surface area contributed by atoms with E-state index in [0.29, 0.717) is 12.5 Å². The van der Waals surface area contributed by atoms with Gasteiger partial charge in [-0.2, -0.15) is 0 Å². The number of rotatable bonds is 5. The van der Waals surface area contributed by atoms with Gasteiger partial charge in [0.25, 0.3) is 0 Å². The van der Waals surface area contributed by atoms with Gasteiger partial charge in [0, 0.05) is 30.6 Å². The first-order chi connectivity index (χ1) is 10.2. The van der Waals surface area contributed by atoms with E-state index in [1.165, 1.54) is 11.3 Å². The highest BCUT2D eigenvalue weighted by molar-refractivity contribution is 7.90. The van der Waals surface area contributed by atoms with Gasteiger partial charge in [-0.1, -0.05) is 20.8 Å². The maximum absolute atomic E-state index is 12.1. The Hall–Kier alpha value is -0.880. The Morgan fingerprint density at radius 1 is 1.32 bits per heavy atom. The van der Waals surface area contributed by atoms with Crippen molar-refractivity contribution in [2.45, 2.75) is 71.7 Å². The van der Waals surface area contributed by atoms with Crippen molar-refractivity contribution in [1.82, 2.24) is 9.62 Å². The SMILES string of the molecule is CCC1=C2C[C@H](NS(=O)(=O)C(C)C)CN2C(C(C)C)=N[C@H]1C. The average Bonchev–Trinajstić information content (AvgIpc) is 2.79. The van der Waals surface area contributed by atoms with Gasteiger partial charge >= 0.3 is 0 Å². The molecule has 126 valence electrons. The molecule has 5 nitrogen and oxygen atoms in total. The monoisotopic (exact) mass is 327 g/mol. The summed E-state index contributed by atoms with van der Waals surface area (Å²) < 4.78 is 27.2. The van der Waals surface area contributed by atoms with E-state index in [1.807, 2.05) is 0 Å². The van der Waals surface area contributed by atoms with Crippen LogP contribution in [0.1, 0.15) is 54.4 Å². The minimum absolute atomic E-state index is 0.0572. The van der Waals surface area contributed by atoms with E-state index < -0.39 is 15.3 Å². The van der Waals surface area contributed by atoms with Crippen LogP contribution >= 0.6 is 0 Å². The fourth-order valence-electron chi connectivity index (χ4n) is 3.27. The van der Waals surface area contributed by atoms with Gasteiger partial charge in [0.05, 0.1) is 11.3 Å². The Bertz CT molecular complexity index is 591. The van der Waals surface area contributed by atoms with Crippen LogP contribution in [0.5, 0.6) is 0 Å². The van der Waals surface area contributed by atoms with Crippen molar-refractivity contribution in [3.63, 3.8) is 0 Å². The summed E-state index contributed by atoms with van der Waals surface area (Å²) in [6, 6.07) is 0.146. The van der Waals surface area contributed by atoms with Gasteiger partial charge in [-0.05, 0) is 32.8 Å². The first-order valence-corrected chi connectivity index (χ1v) is 9.80. The van der Waals surface area contributed by atoms with Crippen molar-refractivity contribution >= 4 is 15.9 Å². The summed E-state index contributed by atoms with van der Waals surface area (Å²) in [4.78, 5) is 7.10. The number of hydrogen-bond donors (Lipinski definition) is 1. The zero-order valence-corrected chi connectivity index (χ0v) is 15.4. The molecule has 2 aliphatic heterocycles. The van der Waals surface area contributed by atoms with Crippen LogP contribution in [0.15, 0.2) is 16.3 Å². The molecule has 1 N–H and O–H groups in total. The third kappa shape index (κ3) is 3.23. The quantitative estimate of drug-likeness (QED) is 0.844. The molecule has 0 aromatic rings. The molecule has 2 atom stereocenters. The summed E-state index contributed by atoms with van der Waals surface area (Å²) in [5.74, 6) is 1.43. The number of nitrogens with one attached hydrogen (secondary N) is 1. The largest absolute Gasteiger partial charge is 0.332 e. The van der Waals surface area contributed by atoms with Crippen LogP contribution in [-0.4, -0.2) is 43.0 Å². The standard InChI is InChI=1S/C16H29N3O2S/c1-7-14-12(6)17-16(10(2)3)19-9-13(8-15(14)19)18-22(20,21)11(4)5/h10-13,18H,7-9H2,1-6H3/t12-,13-/m0/s1. The number of aliphatic imine (C=N–C) groups is 1. The summed E-state index contributed by atoms with van der Waals surface area (Å²) in [6.45, 7) is 12.7. The highest BCUT2D eigenvalue weighted by Crippen LogP contribution is 2.34. The average molecular weight is 327 g/mol. The Kier molecular flexibility index (Phi) is 5.02. The van der Waals surface area contributed by atoms with Gasteiger partial charge in [0.1, 0.15) is 5.84 Å². The van der Waals surface area contributed by atoms with Crippen molar-refractivity contribution in [3.05, 3.63) is 11.3 Å².